The molecule has 4 rings (SSSR count). The van der Waals surface area contributed by atoms with E-state index < -0.39 is 0 Å². The van der Waals surface area contributed by atoms with Crippen molar-refractivity contribution in [2.24, 2.45) is 0 Å². The molecule has 1 aromatic carbocycles. The first-order chi connectivity index (χ1) is 9.79. The molecule has 1 aliphatic carbocycles. The Morgan fingerprint density at radius 2 is 2.10 bits per heavy atom. The predicted molar refractivity (Wildman–Crippen MR) is 74.9 cm³/mol. The summed E-state index contributed by atoms with van der Waals surface area (Å²) in [4.78, 5) is 4.47. The molecule has 2 heterocycles. The lowest BCUT2D eigenvalue weighted by Crippen LogP contribution is -2.22. The molecule has 20 heavy (non-hydrogen) atoms. The van der Waals surface area contributed by atoms with Gasteiger partial charge < -0.3 is 8.94 Å². The number of hydrogen-bond acceptors (Lipinski definition) is 4. The summed E-state index contributed by atoms with van der Waals surface area (Å²) in [6, 6.07) is 7.94. The lowest BCUT2D eigenvalue weighted by Gasteiger charge is -2.27. The number of hydrogen-bond donors (Lipinski definition) is 0. The Bertz CT molecular complexity index is 743. The molecular weight excluding hydrogens is 276 g/mol. The van der Waals surface area contributed by atoms with E-state index in [1.165, 1.54) is 0 Å². The average Bonchev–Trinajstić information content (AvgIpc) is 3.04. The molecule has 0 bridgehead atoms. The topological polar surface area (TPSA) is 52.1 Å². The summed E-state index contributed by atoms with van der Waals surface area (Å²) < 4.78 is 10.8. The first kappa shape index (κ1) is 12.0. The van der Waals surface area contributed by atoms with Crippen LogP contribution in [0.5, 0.6) is 0 Å². The first-order valence-electron chi connectivity index (χ1n) is 6.71. The van der Waals surface area contributed by atoms with Crippen LogP contribution in [-0.2, 0) is 6.42 Å². The minimum Gasteiger partial charge on any atom is -0.464 e. The van der Waals surface area contributed by atoms with Crippen molar-refractivity contribution in [2.45, 2.75) is 30.6 Å². The van der Waals surface area contributed by atoms with Crippen LogP contribution >= 0.6 is 11.6 Å². The molecule has 4 nitrogen and oxygen atoms in total. The smallest absolute Gasteiger partial charge is 0.231 e. The molecular formula is C15H13ClN2O2. The van der Waals surface area contributed by atoms with Gasteiger partial charge in [0, 0.05) is 22.2 Å². The molecule has 0 radical (unpaired) electrons. The van der Waals surface area contributed by atoms with Gasteiger partial charge in [0.15, 0.2) is 5.82 Å². The van der Waals surface area contributed by atoms with Crippen molar-refractivity contribution < 1.29 is 8.94 Å². The van der Waals surface area contributed by atoms with Crippen LogP contribution in [0.15, 0.2) is 39.5 Å². The highest BCUT2D eigenvalue weighted by Gasteiger charge is 2.32. The highest BCUT2D eigenvalue weighted by Crippen LogP contribution is 2.38. The van der Waals surface area contributed by atoms with Crippen molar-refractivity contribution >= 4 is 22.6 Å². The van der Waals surface area contributed by atoms with E-state index in [1.54, 1.807) is 6.26 Å². The summed E-state index contributed by atoms with van der Waals surface area (Å²) >= 11 is 5.98. The molecule has 0 aliphatic heterocycles. The largest absolute Gasteiger partial charge is 0.464 e. The number of para-hydroxylation sites is 1. The minimum atomic E-state index is 0.264. The number of halogens is 1. The molecule has 0 spiro atoms. The van der Waals surface area contributed by atoms with Crippen LogP contribution in [0.4, 0.5) is 0 Å². The number of benzene rings is 1. The van der Waals surface area contributed by atoms with Crippen LogP contribution in [0.1, 0.15) is 36.0 Å². The van der Waals surface area contributed by atoms with E-state index in [0.29, 0.717) is 18.2 Å². The Kier molecular flexibility index (Phi) is 2.77. The SMILES string of the molecule is ClC1CC(c2noc(Cc3coc4ccccc34)n2)C1. The number of aromatic nitrogens is 2. The molecule has 5 heteroatoms. The third-order valence-electron chi connectivity index (χ3n) is 3.83. The van der Waals surface area contributed by atoms with Crippen molar-refractivity contribution in [2.75, 3.05) is 0 Å². The number of fused-ring (bicyclic) bond motifs is 1. The normalized spacial score (nSPS) is 22.1. The van der Waals surface area contributed by atoms with E-state index in [-0.39, 0.29) is 5.38 Å². The molecule has 3 aromatic rings. The van der Waals surface area contributed by atoms with E-state index in [4.69, 9.17) is 20.5 Å². The second-order valence-electron chi connectivity index (χ2n) is 5.25. The molecule has 1 saturated carbocycles. The minimum absolute atomic E-state index is 0.264. The molecule has 0 amide bonds. The summed E-state index contributed by atoms with van der Waals surface area (Å²) in [5.41, 5.74) is 1.95. The highest BCUT2D eigenvalue weighted by atomic mass is 35.5. The lowest BCUT2D eigenvalue weighted by molar-refractivity contribution is 0.353. The summed E-state index contributed by atoms with van der Waals surface area (Å²) in [7, 11) is 0. The van der Waals surface area contributed by atoms with Gasteiger partial charge in [-0.05, 0) is 18.9 Å². The van der Waals surface area contributed by atoms with Crippen LogP contribution in [0, 0.1) is 0 Å². The number of rotatable bonds is 3. The van der Waals surface area contributed by atoms with Gasteiger partial charge >= 0.3 is 0 Å². The molecule has 1 fully saturated rings. The van der Waals surface area contributed by atoms with Crippen LogP contribution in [-0.4, -0.2) is 15.5 Å². The van der Waals surface area contributed by atoms with Gasteiger partial charge in [-0.25, -0.2) is 0 Å². The van der Waals surface area contributed by atoms with Gasteiger partial charge in [0.2, 0.25) is 5.89 Å². The first-order valence-corrected chi connectivity index (χ1v) is 7.15. The maximum absolute atomic E-state index is 5.98. The molecule has 2 aromatic heterocycles. The van der Waals surface area contributed by atoms with Gasteiger partial charge in [0.25, 0.3) is 0 Å². The maximum Gasteiger partial charge on any atom is 0.231 e. The molecule has 0 unspecified atom stereocenters. The van der Waals surface area contributed by atoms with Crippen molar-refractivity contribution in [3.63, 3.8) is 0 Å². The quantitative estimate of drug-likeness (QED) is 0.686. The van der Waals surface area contributed by atoms with Gasteiger partial charge in [0.05, 0.1) is 12.7 Å². The molecule has 1 aliphatic rings. The molecule has 0 atom stereocenters. The van der Waals surface area contributed by atoms with Crippen LogP contribution < -0.4 is 0 Å². The number of nitrogens with zero attached hydrogens (tertiary/aromatic N) is 2. The third kappa shape index (κ3) is 2.00. The Labute approximate surface area is 120 Å². The summed E-state index contributed by atoms with van der Waals surface area (Å²) in [5, 5.41) is 5.42. The zero-order chi connectivity index (χ0) is 13.5. The van der Waals surface area contributed by atoms with E-state index in [1.807, 2.05) is 24.3 Å². The summed E-state index contributed by atoms with van der Waals surface area (Å²) in [6.07, 6.45) is 4.23. The molecule has 102 valence electrons. The van der Waals surface area contributed by atoms with Gasteiger partial charge in [-0.3, -0.25) is 0 Å². The standard InChI is InChI=1S/C15H13ClN2O2/c16-11-5-9(6-11)15-17-14(20-18-15)7-10-8-19-13-4-2-1-3-12(10)13/h1-4,8-9,11H,5-7H2. The zero-order valence-electron chi connectivity index (χ0n) is 10.8. The van der Waals surface area contributed by atoms with Crippen molar-refractivity contribution in [3.05, 3.63) is 47.8 Å². The van der Waals surface area contributed by atoms with Gasteiger partial charge in [0.1, 0.15) is 5.58 Å². The van der Waals surface area contributed by atoms with E-state index in [2.05, 4.69) is 10.1 Å². The van der Waals surface area contributed by atoms with Gasteiger partial charge in [-0.1, -0.05) is 23.4 Å². The molecule has 0 saturated heterocycles. The monoisotopic (exact) mass is 288 g/mol. The Morgan fingerprint density at radius 3 is 2.95 bits per heavy atom. The number of alkyl halides is 1. The Balaban J connectivity index is 1.57. The van der Waals surface area contributed by atoms with Crippen molar-refractivity contribution in [3.8, 4) is 0 Å². The fourth-order valence-electron chi connectivity index (χ4n) is 2.60. The fraction of sp³-hybridized carbons (Fsp3) is 0.333. The highest BCUT2D eigenvalue weighted by molar-refractivity contribution is 6.21. The van der Waals surface area contributed by atoms with Crippen LogP contribution in [0.25, 0.3) is 11.0 Å². The van der Waals surface area contributed by atoms with Crippen molar-refractivity contribution in [1.29, 1.82) is 0 Å². The molecule has 0 N–H and O–H groups in total. The Hall–Kier alpha value is -1.81. The lowest BCUT2D eigenvalue weighted by atomic mass is 9.84. The summed E-state index contributed by atoms with van der Waals surface area (Å²) in [5.74, 6) is 1.77. The van der Waals surface area contributed by atoms with Crippen LogP contribution in [0.2, 0.25) is 0 Å². The fourth-order valence-corrected chi connectivity index (χ4v) is 3.03. The van der Waals surface area contributed by atoms with Gasteiger partial charge in [-0.2, -0.15) is 4.98 Å². The number of furan rings is 1. The third-order valence-corrected chi connectivity index (χ3v) is 4.19. The average molecular weight is 289 g/mol. The van der Waals surface area contributed by atoms with E-state index >= 15 is 0 Å². The van der Waals surface area contributed by atoms with Crippen LogP contribution in [0.3, 0.4) is 0 Å². The van der Waals surface area contributed by atoms with E-state index in [9.17, 15) is 0 Å². The Morgan fingerprint density at radius 1 is 1.25 bits per heavy atom. The second-order valence-corrected chi connectivity index (χ2v) is 5.86. The van der Waals surface area contributed by atoms with E-state index in [0.717, 1.165) is 35.2 Å². The predicted octanol–water partition coefficient (Wildman–Crippen LogP) is 3.89. The summed E-state index contributed by atoms with van der Waals surface area (Å²) in [6.45, 7) is 0. The van der Waals surface area contributed by atoms with Crippen molar-refractivity contribution in [1.82, 2.24) is 10.1 Å². The van der Waals surface area contributed by atoms with Gasteiger partial charge in [-0.15, -0.1) is 11.6 Å². The maximum atomic E-state index is 5.98. The second kappa shape index (κ2) is 4.63. The zero-order valence-corrected chi connectivity index (χ0v) is 11.5.